The number of carbonyl (C=O) groups is 4. The molecule has 1 fully saturated rings. The number of benzene rings is 3. The van der Waals surface area contributed by atoms with Crippen molar-refractivity contribution in [1.82, 2.24) is 0 Å². The largest absolute Gasteiger partial charge is 0.460 e. The highest BCUT2D eigenvalue weighted by Crippen LogP contribution is 2.39. The Kier molecular flexibility index (Phi) is 10.0. The van der Waals surface area contributed by atoms with Crippen LogP contribution in [0.4, 0.5) is 5.69 Å². The van der Waals surface area contributed by atoms with Crippen molar-refractivity contribution in [1.29, 1.82) is 0 Å². The minimum atomic E-state index is -0.726. The number of rotatable bonds is 10. The molecule has 2 atom stereocenters. The number of carbonyl (C=O) groups excluding carboxylic acids is 4. The van der Waals surface area contributed by atoms with Gasteiger partial charge in [-0.1, -0.05) is 79.6 Å². The number of esters is 1. The maximum Gasteiger partial charge on any atom is 0.419 e. The second kappa shape index (κ2) is 14.1. The van der Waals surface area contributed by atoms with E-state index in [-0.39, 0.29) is 43.0 Å². The van der Waals surface area contributed by atoms with E-state index in [1.807, 2.05) is 93.6 Å². The molecule has 0 saturated heterocycles. The van der Waals surface area contributed by atoms with E-state index in [9.17, 15) is 19.2 Å². The van der Waals surface area contributed by atoms with Gasteiger partial charge in [-0.25, -0.2) is 4.79 Å². The number of nitrogens with one attached hydrogen (secondary N) is 1. The molecule has 1 aliphatic carbocycles. The Balaban J connectivity index is 1.38. The molecule has 0 aromatic heterocycles. The summed E-state index contributed by atoms with van der Waals surface area (Å²) < 4.78 is 6.66. The smallest absolute Gasteiger partial charge is 0.419 e. The summed E-state index contributed by atoms with van der Waals surface area (Å²) >= 11 is 0. The zero-order valence-electron chi connectivity index (χ0n) is 26.3. The Morgan fingerprint density at radius 3 is 2.31 bits per heavy atom. The van der Waals surface area contributed by atoms with Gasteiger partial charge in [-0.2, -0.15) is 0 Å². The van der Waals surface area contributed by atoms with Gasteiger partial charge in [-0.3, -0.25) is 14.4 Å². The summed E-state index contributed by atoms with van der Waals surface area (Å²) in [5.74, 6) is -1.69. The van der Waals surface area contributed by atoms with Crippen molar-refractivity contribution in [3.05, 3.63) is 101 Å². The Labute approximate surface area is 264 Å². The molecule has 2 aliphatic rings. The highest BCUT2D eigenvalue weighted by Gasteiger charge is 2.42. The van der Waals surface area contributed by atoms with Crippen LogP contribution in [-0.2, 0) is 30.3 Å². The topological polar surface area (TPSA) is 105 Å². The molecular formula is C37H42N3O5+. The van der Waals surface area contributed by atoms with E-state index < -0.39 is 23.5 Å². The summed E-state index contributed by atoms with van der Waals surface area (Å²) in [5, 5.41) is 7.76. The second-order valence-electron chi connectivity index (χ2n) is 13.0. The van der Waals surface area contributed by atoms with Crippen molar-refractivity contribution >= 4 is 29.3 Å². The standard InChI is InChI=1S/C37H41N3O5/c1-37(2,3)45-34(43)21-20-25-12-11-17-28(22-25)38-33(42)24-40-36(44)31(23-32(41)26-13-7-8-14-26)29-18-9-10-19-30(29)35(39-40)27-15-5-4-6-16-27/h4-6,9-12,15-19,22,26,31,35H,7-8,13-14,20-21,23-24H2,1-3H3/p+1. The van der Waals surface area contributed by atoms with Crippen LogP contribution in [0.15, 0.2) is 84.0 Å². The van der Waals surface area contributed by atoms with Gasteiger partial charge in [0, 0.05) is 24.4 Å². The number of aryl methyl sites for hydroxylation is 1. The summed E-state index contributed by atoms with van der Waals surface area (Å²) in [7, 11) is 0. The summed E-state index contributed by atoms with van der Waals surface area (Å²) in [6, 6.07) is 24.1. The Bertz CT molecular complexity index is 1580. The van der Waals surface area contributed by atoms with Crippen LogP contribution < -0.4 is 5.32 Å². The maximum absolute atomic E-state index is 14.2. The average Bonchev–Trinajstić information content (AvgIpc) is 3.53. The first-order valence-electron chi connectivity index (χ1n) is 15.9. The van der Waals surface area contributed by atoms with Crippen LogP contribution in [0, 0.1) is 5.92 Å². The van der Waals surface area contributed by atoms with Gasteiger partial charge in [0.1, 0.15) is 17.3 Å². The Hall–Kier alpha value is -4.46. The maximum atomic E-state index is 14.2. The molecule has 2 unspecified atom stereocenters. The van der Waals surface area contributed by atoms with Gasteiger partial charge in [0.2, 0.25) is 0 Å². The molecule has 0 bridgehead atoms. The van der Waals surface area contributed by atoms with Gasteiger partial charge < -0.3 is 10.1 Å². The number of amides is 2. The molecule has 8 heteroatoms. The zero-order chi connectivity index (χ0) is 32.0. The molecule has 234 valence electrons. The number of ether oxygens (including phenoxy) is 1. The third kappa shape index (κ3) is 8.38. The lowest BCUT2D eigenvalue weighted by molar-refractivity contribution is -0.507. The van der Waals surface area contributed by atoms with E-state index in [2.05, 4.69) is 5.32 Å². The SMILES string of the molecule is CC(C)(C)OC(=O)CCc1cccc(NC(=O)C[N+]2=NC(c3ccccc3)c3ccccc3C(CC(=O)C3CCCC3)C2=O)c1. The summed E-state index contributed by atoms with van der Waals surface area (Å²) in [4.78, 5) is 53.2. The van der Waals surface area contributed by atoms with Crippen molar-refractivity contribution in [2.75, 3.05) is 11.9 Å². The lowest BCUT2D eigenvalue weighted by Gasteiger charge is -2.19. The van der Waals surface area contributed by atoms with E-state index in [1.54, 1.807) is 6.07 Å². The Morgan fingerprint density at radius 2 is 1.60 bits per heavy atom. The van der Waals surface area contributed by atoms with Crippen LogP contribution in [0.1, 0.15) is 93.5 Å². The van der Waals surface area contributed by atoms with E-state index in [0.717, 1.165) is 47.9 Å². The van der Waals surface area contributed by atoms with Crippen molar-refractivity contribution < 1.29 is 28.6 Å². The van der Waals surface area contributed by atoms with E-state index in [4.69, 9.17) is 9.85 Å². The zero-order valence-corrected chi connectivity index (χ0v) is 26.3. The first kappa shape index (κ1) is 31.9. The molecule has 3 aromatic rings. The number of Topliss-reactive ketones (excluding diaryl/α,β-unsaturated/α-hetero) is 1. The predicted octanol–water partition coefficient (Wildman–Crippen LogP) is 6.93. The van der Waals surface area contributed by atoms with Gasteiger partial charge in [-0.15, -0.1) is 0 Å². The number of azo groups is 2. The highest BCUT2D eigenvalue weighted by atomic mass is 16.6. The van der Waals surface area contributed by atoms with Crippen LogP contribution in [-0.4, -0.2) is 40.4 Å². The molecule has 2 amide bonds. The number of hydrogen-bond donors (Lipinski definition) is 1. The molecule has 8 nitrogen and oxygen atoms in total. The minimum Gasteiger partial charge on any atom is -0.460 e. The number of ketones is 1. The van der Waals surface area contributed by atoms with Crippen LogP contribution in [0.25, 0.3) is 0 Å². The fourth-order valence-electron chi connectivity index (χ4n) is 6.24. The van der Waals surface area contributed by atoms with Crippen LogP contribution in [0.5, 0.6) is 0 Å². The normalized spacial score (nSPS) is 18.5. The van der Waals surface area contributed by atoms with Crippen molar-refractivity contribution in [2.24, 2.45) is 11.0 Å². The first-order valence-corrected chi connectivity index (χ1v) is 15.9. The van der Waals surface area contributed by atoms with Crippen molar-refractivity contribution in [3.63, 3.8) is 0 Å². The molecule has 5 rings (SSSR count). The molecule has 1 heterocycles. The third-order valence-corrected chi connectivity index (χ3v) is 8.35. The number of anilines is 1. The molecule has 0 radical (unpaired) electrons. The second-order valence-corrected chi connectivity index (χ2v) is 13.0. The fraction of sp³-hybridized carbons (Fsp3) is 0.405. The lowest BCUT2D eigenvalue weighted by Crippen LogP contribution is -2.33. The third-order valence-electron chi connectivity index (χ3n) is 8.35. The highest BCUT2D eigenvalue weighted by molar-refractivity contribution is 5.93. The summed E-state index contributed by atoms with van der Waals surface area (Å²) in [6.07, 6.45) is 4.57. The number of fused-ring (bicyclic) bond motifs is 1. The van der Waals surface area contributed by atoms with E-state index in [0.29, 0.717) is 12.1 Å². The molecule has 45 heavy (non-hydrogen) atoms. The van der Waals surface area contributed by atoms with Crippen molar-refractivity contribution in [2.45, 2.75) is 83.3 Å². The molecule has 0 spiro atoms. The van der Waals surface area contributed by atoms with Gasteiger partial charge in [0.05, 0.1) is 0 Å². The molecule has 3 aromatic carbocycles. The Morgan fingerprint density at radius 1 is 0.911 bits per heavy atom. The van der Waals surface area contributed by atoms with Crippen molar-refractivity contribution in [3.8, 4) is 0 Å². The molecular weight excluding hydrogens is 566 g/mol. The number of nitrogens with zero attached hydrogens (tertiary/aromatic N) is 2. The number of hydrogen-bond acceptors (Lipinski definition) is 6. The summed E-state index contributed by atoms with van der Waals surface area (Å²) in [6.45, 7) is 5.20. The van der Waals surface area contributed by atoms with Gasteiger partial charge >= 0.3 is 11.9 Å². The van der Waals surface area contributed by atoms with Gasteiger partial charge in [0.25, 0.3) is 12.5 Å². The lowest BCUT2D eigenvalue weighted by atomic mass is 9.83. The minimum absolute atomic E-state index is 0.0191. The predicted molar refractivity (Wildman–Crippen MR) is 171 cm³/mol. The van der Waals surface area contributed by atoms with Gasteiger partial charge in [0.15, 0.2) is 6.04 Å². The monoisotopic (exact) mass is 608 g/mol. The molecule has 1 saturated carbocycles. The van der Waals surface area contributed by atoms with Crippen LogP contribution in [0.2, 0.25) is 0 Å². The average molecular weight is 609 g/mol. The summed E-state index contributed by atoms with van der Waals surface area (Å²) in [5.41, 5.74) is 3.42. The fourth-order valence-corrected chi connectivity index (χ4v) is 6.24. The quantitative estimate of drug-likeness (QED) is 0.199. The van der Waals surface area contributed by atoms with Crippen LogP contribution >= 0.6 is 0 Å². The first-order chi connectivity index (χ1) is 21.6. The molecule has 1 N–H and O–H groups in total. The molecule has 1 aliphatic heterocycles. The van der Waals surface area contributed by atoms with Gasteiger partial charge in [-0.05, 0) is 84.2 Å². The van der Waals surface area contributed by atoms with E-state index in [1.165, 1.54) is 4.70 Å². The van der Waals surface area contributed by atoms with Crippen LogP contribution in [0.3, 0.4) is 0 Å². The van der Waals surface area contributed by atoms with E-state index >= 15 is 0 Å².